The summed E-state index contributed by atoms with van der Waals surface area (Å²) >= 11 is 0. The summed E-state index contributed by atoms with van der Waals surface area (Å²) in [4.78, 5) is 22.5. The van der Waals surface area contributed by atoms with Gasteiger partial charge in [-0.2, -0.15) is 8.42 Å². The van der Waals surface area contributed by atoms with E-state index in [1.165, 1.54) is 18.2 Å². The number of nitrogens with zero attached hydrogens (tertiary/aromatic N) is 1. The Morgan fingerprint density at radius 2 is 1.82 bits per heavy atom. The van der Waals surface area contributed by atoms with E-state index in [1.807, 2.05) is 0 Å². The molecule has 0 unspecified atom stereocenters. The zero-order valence-electron chi connectivity index (χ0n) is 11.3. The first-order chi connectivity index (χ1) is 10.3. The van der Waals surface area contributed by atoms with Crippen molar-refractivity contribution in [3.05, 3.63) is 46.2 Å². The average Bonchev–Trinajstić information content (AvgIpc) is 2.43. The smallest absolute Gasteiger partial charge is 0.294 e. The molecular formula is C13H12N2O6S. The highest BCUT2D eigenvalue weighted by molar-refractivity contribution is 7.85. The van der Waals surface area contributed by atoms with Crippen molar-refractivity contribution >= 4 is 22.2 Å². The third-order valence-corrected chi connectivity index (χ3v) is 3.85. The number of rotatable bonds is 4. The number of nitrogens with one attached hydrogen (secondary N) is 1. The van der Waals surface area contributed by atoms with E-state index in [0.717, 1.165) is 16.7 Å². The number of hydrogen-bond donors (Lipinski definition) is 3. The minimum atomic E-state index is -4.35. The van der Waals surface area contributed by atoms with Gasteiger partial charge in [0.2, 0.25) is 6.41 Å². The molecule has 0 saturated carbocycles. The molecular weight excluding hydrogens is 312 g/mol. The summed E-state index contributed by atoms with van der Waals surface area (Å²) in [6.45, 7) is 1.54. The molecule has 0 aliphatic heterocycles. The SMILES string of the molecule is Cc1cc(O)n(-c2ccc(S(=O)(=O)O)cc2)c(=O)c1NC=O. The lowest BCUT2D eigenvalue weighted by Crippen LogP contribution is -2.23. The maximum Gasteiger partial charge on any atom is 0.294 e. The first kappa shape index (κ1) is 15.7. The van der Waals surface area contributed by atoms with Gasteiger partial charge >= 0.3 is 0 Å². The molecule has 1 amide bonds. The lowest BCUT2D eigenvalue weighted by atomic mass is 10.2. The number of carbonyl (C=O) groups excluding carboxylic acids is 1. The van der Waals surface area contributed by atoms with Crippen molar-refractivity contribution in [2.45, 2.75) is 11.8 Å². The second kappa shape index (κ2) is 5.62. The van der Waals surface area contributed by atoms with Crippen molar-refractivity contribution < 1.29 is 22.9 Å². The zero-order chi connectivity index (χ0) is 16.5. The third-order valence-electron chi connectivity index (χ3n) is 2.98. The average molecular weight is 324 g/mol. The van der Waals surface area contributed by atoms with Crippen LogP contribution in [0.3, 0.4) is 0 Å². The van der Waals surface area contributed by atoms with E-state index in [0.29, 0.717) is 12.0 Å². The second-order valence-electron chi connectivity index (χ2n) is 4.43. The summed E-state index contributed by atoms with van der Waals surface area (Å²) in [6, 6.07) is 5.94. The third kappa shape index (κ3) is 2.85. The molecule has 0 aliphatic carbocycles. The molecule has 3 N–H and O–H groups in total. The van der Waals surface area contributed by atoms with Crippen LogP contribution in [0.2, 0.25) is 0 Å². The van der Waals surface area contributed by atoms with E-state index in [1.54, 1.807) is 6.92 Å². The highest BCUT2D eigenvalue weighted by atomic mass is 32.2. The molecule has 116 valence electrons. The Labute approximate surface area is 125 Å². The van der Waals surface area contributed by atoms with Crippen LogP contribution in [0, 0.1) is 6.92 Å². The molecule has 9 heteroatoms. The molecule has 2 aromatic rings. The monoisotopic (exact) mass is 324 g/mol. The van der Waals surface area contributed by atoms with Gasteiger partial charge in [0.25, 0.3) is 15.7 Å². The van der Waals surface area contributed by atoms with E-state index in [9.17, 15) is 23.1 Å². The minimum absolute atomic E-state index is 0.00773. The quantitative estimate of drug-likeness (QED) is 0.560. The molecule has 0 aliphatic rings. The Kier molecular flexibility index (Phi) is 4.02. The van der Waals surface area contributed by atoms with Crippen molar-refractivity contribution in [2.75, 3.05) is 5.32 Å². The normalized spacial score (nSPS) is 11.2. The Balaban J connectivity index is 2.65. The number of aryl methyl sites for hydroxylation is 1. The van der Waals surface area contributed by atoms with Gasteiger partial charge in [-0.05, 0) is 36.8 Å². The van der Waals surface area contributed by atoms with Gasteiger partial charge in [-0.15, -0.1) is 0 Å². The molecule has 22 heavy (non-hydrogen) atoms. The van der Waals surface area contributed by atoms with Gasteiger partial charge in [0, 0.05) is 6.07 Å². The van der Waals surface area contributed by atoms with Crippen LogP contribution >= 0.6 is 0 Å². The predicted octanol–water partition coefficient (Wildman–Crippen LogP) is 0.667. The molecule has 0 radical (unpaired) electrons. The van der Waals surface area contributed by atoms with Crippen LogP contribution in [-0.4, -0.2) is 29.1 Å². The second-order valence-corrected chi connectivity index (χ2v) is 5.85. The molecule has 0 atom stereocenters. The van der Waals surface area contributed by atoms with Crippen molar-refractivity contribution in [2.24, 2.45) is 0 Å². The van der Waals surface area contributed by atoms with Crippen LogP contribution in [-0.2, 0) is 14.9 Å². The van der Waals surface area contributed by atoms with Gasteiger partial charge < -0.3 is 10.4 Å². The lowest BCUT2D eigenvalue weighted by molar-refractivity contribution is -0.105. The van der Waals surface area contributed by atoms with Crippen LogP contribution in [0.1, 0.15) is 5.56 Å². The lowest BCUT2D eigenvalue weighted by Gasteiger charge is -2.12. The summed E-state index contributed by atoms with van der Waals surface area (Å²) in [5.74, 6) is -0.376. The molecule has 1 heterocycles. The van der Waals surface area contributed by atoms with E-state index < -0.39 is 15.7 Å². The standard InChI is InChI=1S/C13H12N2O6S/c1-8-6-11(17)15(13(18)12(8)14-7-16)9-2-4-10(5-3-9)22(19,20)21/h2-7,17H,1H3,(H,14,16)(H,19,20,21). The largest absolute Gasteiger partial charge is 0.494 e. The number of hydrogen-bond acceptors (Lipinski definition) is 5. The Bertz CT molecular complexity index is 884. The first-order valence-corrected chi connectivity index (χ1v) is 7.43. The fraction of sp³-hybridized carbons (Fsp3) is 0.0769. The van der Waals surface area contributed by atoms with Crippen LogP contribution in [0.5, 0.6) is 5.88 Å². The number of aromatic nitrogens is 1. The van der Waals surface area contributed by atoms with E-state index in [4.69, 9.17) is 4.55 Å². The van der Waals surface area contributed by atoms with Crippen molar-refractivity contribution in [1.82, 2.24) is 4.57 Å². The van der Waals surface area contributed by atoms with Crippen LogP contribution in [0.25, 0.3) is 5.69 Å². The molecule has 0 saturated heterocycles. The van der Waals surface area contributed by atoms with Gasteiger partial charge in [0.05, 0.1) is 10.6 Å². The fourth-order valence-electron chi connectivity index (χ4n) is 1.97. The topological polar surface area (TPSA) is 126 Å². The Morgan fingerprint density at radius 3 is 2.32 bits per heavy atom. The van der Waals surface area contributed by atoms with E-state index in [2.05, 4.69) is 5.32 Å². The van der Waals surface area contributed by atoms with Gasteiger partial charge in [0.15, 0.2) is 5.88 Å². The van der Waals surface area contributed by atoms with Crippen molar-refractivity contribution in [3.8, 4) is 11.6 Å². The van der Waals surface area contributed by atoms with E-state index in [-0.39, 0.29) is 22.2 Å². The summed E-state index contributed by atoms with van der Waals surface area (Å²) < 4.78 is 31.8. The number of amides is 1. The van der Waals surface area contributed by atoms with E-state index >= 15 is 0 Å². The fourth-order valence-corrected chi connectivity index (χ4v) is 2.45. The van der Waals surface area contributed by atoms with Crippen LogP contribution in [0.15, 0.2) is 40.0 Å². The molecule has 0 fully saturated rings. The summed E-state index contributed by atoms with van der Waals surface area (Å²) in [5.41, 5.74) is -0.139. The van der Waals surface area contributed by atoms with Crippen LogP contribution in [0.4, 0.5) is 5.69 Å². The first-order valence-electron chi connectivity index (χ1n) is 5.99. The maximum absolute atomic E-state index is 12.3. The number of carbonyl (C=O) groups is 1. The summed E-state index contributed by atoms with van der Waals surface area (Å²) in [5, 5.41) is 12.2. The molecule has 1 aromatic heterocycles. The zero-order valence-corrected chi connectivity index (χ0v) is 12.2. The Hall–Kier alpha value is -2.65. The highest BCUT2D eigenvalue weighted by Gasteiger charge is 2.15. The van der Waals surface area contributed by atoms with Gasteiger partial charge in [-0.3, -0.25) is 14.1 Å². The van der Waals surface area contributed by atoms with Gasteiger partial charge in [-0.25, -0.2) is 4.57 Å². The summed E-state index contributed by atoms with van der Waals surface area (Å²) in [7, 11) is -4.35. The summed E-state index contributed by atoms with van der Waals surface area (Å²) in [6.07, 6.45) is 0.340. The molecule has 0 bridgehead atoms. The van der Waals surface area contributed by atoms with Crippen LogP contribution < -0.4 is 10.9 Å². The Morgan fingerprint density at radius 1 is 1.23 bits per heavy atom. The van der Waals surface area contributed by atoms with Gasteiger partial charge in [-0.1, -0.05) is 0 Å². The molecule has 2 rings (SSSR count). The number of pyridine rings is 1. The maximum atomic E-state index is 12.3. The molecule has 1 aromatic carbocycles. The van der Waals surface area contributed by atoms with Crippen molar-refractivity contribution in [1.29, 1.82) is 0 Å². The molecule has 8 nitrogen and oxygen atoms in total. The number of anilines is 1. The van der Waals surface area contributed by atoms with Crippen molar-refractivity contribution in [3.63, 3.8) is 0 Å². The van der Waals surface area contributed by atoms with Gasteiger partial charge in [0.1, 0.15) is 5.69 Å². The minimum Gasteiger partial charge on any atom is -0.494 e. The molecule has 0 spiro atoms. The number of benzene rings is 1. The predicted molar refractivity (Wildman–Crippen MR) is 77.9 cm³/mol. The highest BCUT2D eigenvalue weighted by Crippen LogP contribution is 2.21. The number of aromatic hydroxyl groups is 1.